The third-order valence-corrected chi connectivity index (χ3v) is 6.60. The molecule has 9 nitrogen and oxygen atoms in total. The molecule has 0 aliphatic heterocycles. The molecule has 0 unspecified atom stereocenters. The van der Waals surface area contributed by atoms with Gasteiger partial charge in [-0.3, -0.25) is 14.4 Å². The molecule has 0 aromatic heterocycles. The van der Waals surface area contributed by atoms with Crippen LogP contribution in [-0.2, 0) is 27.3 Å². The van der Waals surface area contributed by atoms with Crippen LogP contribution in [0.1, 0.15) is 55.9 Å². The van der Waals surface area contributed by atoms with Crippen molar-refractivity contribution in [2.24, 2.45) is 5.10 Å². The molecule has 41 heavy (non-hydrogen) atoms. The zero-order chi connectivity index (χ0) is 29.8. The van der Waals surface area contributed by atoms with E-state index >= 15 is 0 Å². The molecule has 0 bridgehead atoms. The van der Waals surface area contributed by atoms with E-state index in [2.05, 4.69) is 57.9 Å². The Morgan fingerprint density at radius 3 is 2.24 bits per heavy atom. The van der Waals surface area contributed by atoms with Gasteiger partial charge in [0, 0.05) is 12.2 Å². The molecule has 3 rings (SSSR count). The number of benzene rings is 3. The summed E-state index contributed by atoms with van der Waals surface area (Å²) in [7, 11) is 0. The molecule has 3 aromatic carbocycles. The van der Waals surface area contributed by atoms with Crippen molar-refractivity contribution in [3.8, 4) is 11.5 Å². The van der Waals surface area contributed by atoms with Gasteiger partial charge in [0.15, 0.2) is 18.1 Å². The lowest BCUT2D eigenvalue weighted by Crippen LogP contribution is -2.37. The highest BCUT2D eigenvalue weighted by atomic mass is 79.9. The molecular formula is C31H35BrN4O5. The Morgan fingerprint density at radius 1 is 0.927 bits per heavy atom. The van der Waals surface area contributed by atoms with Crippen molar-refractivity contribution in [2.75, 3.05) is 18.5 Å². The van der Waals surface area contributed by atoms with Gasteiger partial charge in [0.25, 0.3) is 5.91 Å². The lowest BCUT2D eigenvalue weighted by Gasteiger charge is -2.14. The quantitative estimate of drug-likeness (QED) is 0.144. The summed E-state index contributed by atoms with van der Waals surface area (Å²) in [5.41, 5.74) is 6.74. The highest BCUT2D eigenvalue weighted by Crippen LogP contribution is 2.36. The van der Waals surface area contributed by atoms with Crippen molar-refractivity contribution in [3.63, 3.8) is 0 Å². The summed E-state index contributed by atoms with van der Waals surface area (Å²) in [6.45, 7) is 8.46. The van der Waals surface area contributed by atoms with E-state index in [1.807, 2.05) is 55.5 Å². The lowest BCUT2D eigenvalue weighted by atomic mass is 10.0. The van der Waals surface area contributed by atoms with Gasteiger partial charge >= 0.3 is 11.8 Å². The number of hydrazone groups is 1. The number of anilines is 1. The van der Waals surface area contributed by atoms with E-state index < -0.39 is 11.8 Å². The SMILES string of the molecule is CCOc1cc(/C=N\NC(=O)C(=O)NCc2ccc(C(C)C)cc2)cc(Br)c1OCC(=O)Nc1ccc(CC)cc1. The molecule has 3 amide bonds. The van der Waals surface area contributed by atoms with Crippen LogP contribution in [0.25, 0.3) is 0 Å². The highest BCUT2D eigenvalue weighted by molar-refractivity contribution is 9.10. The van der Waals surface area contributed by atoms with Gasteiger partial charge in [0.2, 0.25) is 0 Å². The number of nitrogens with zero attached hydrogens (tertiary/aromatic N) is 1. The normalized spacial score (nSPS) is 10.9. The van der Waals surface area contributed by atoms with Gasteiger partial charge in [-0.05, 0) is 81.7 Å². The molecular weight excluding hydrogens is 588 g/mol. The molecule has 0 heterocycles. The average Bonchev–Trinajstić information content (AvgIpc) is 2.96. The van der Waals surface area contributed by atoms with Gasteiger partial charge in [-0.25, -0.2) is 5.43 Å². The Morgan fingerprint density at radius 2 is 1.61 bits per heavy atom. The van der Waals surface area contributed by atoms with Crippen LogP contribution >= 0.6 is 15.9 Å². The Hall–Kier alpha value is -4.18. The Bertz CT molecular complexity index is 1370. The molecule has 0 saturated heterocycles. The molecule has 0 aliphatic rings. The Kier molecular flexibility index (Phi) is 11.9. The number of carbonyl (C=O) groups is 3. The first-order valence-corrected chi connectivity index (χ1v) is 14.2. The minimum absolute atomic E-state index is 0.226. The maximum absolute atomic E-state index is 12.4. The Labute approximate surface area is 248 Å². The largest absolute Gasteiger partial charge is 0.490 e. The fourth-order valence-corrected chi connectivity index (χ4v) is 4.30. The van der Waals surface area contributed by atoms with E-state index in [0.29, 0.717) is 39.7 Å². The number of rotatable bonds is 12. The zero-order valence-electron chi connectivity index (χ0n) is 23.6. The standard InChI is InChI=1S/C31H35BrN4O5/c1-5-21-9-13-25(14-10-21)35-28(37)19-41-29-26(32)15-23(16-27(29)40-6-2)18-34-36-31(39)30(38)33-17-22-7-11-24(12-8-22)20(3)4/h7-16,18,20H,5-6,17,19H2,1-4H3,(H,33,38)(H,35,37)(H,36,39)/b34-18-. The molecule has 0 saturated carbocycles. The highest BCUT2D eigenvalue weighted by Gasteiger charge is 2.15. The van der Waals surface area contributed by atoms with Crippen LogP contribution < -0.4 is 25.5 Å². The third-order valence-electron chi connectivity index (χ3n) is 6.01. The topological polar surface area (TPSA) is 118 Å². The fourth-order valence-electron chi connectivity index (χ4n) is 3.72. The number of carbonyl (C=O) groups excluding carboxylic acids is 3. The molecule has 216 valence electrons. The van der Waals surface area contributed by atoms with Crippen LogP contribution in [0.15, 0.2) is 70.2 Å². The number of amides is 3. The monoisotopic (exact) mass is 622 g/mol. The molecule has 3 N–H and O–H groups in total. The van der Waals surface area contributed by atoms with Gasteiger partial charge < -0.3 is 20.1 Å². The van der Waals surface area contributed by atoms with Crippen molar-refractivity contribution in [1.82, 2.24) is 10.7 Å². The summed E-state index contributed by atoms with van der Waals surface area (Å²) < 4.78 is 12.0. The maximum atomic E-state index is 12.4. The number of nitrogens with one attached hydrogen (secondary N) is 3. The summed E-state index contributed by atoms with van der Waals surface area (Å²) in [6, 6.07) is 18.8. The summed E-state index contributed by atoms with van der Waals surface area (Å²) in [4.78, 5) is 36.8. The van der Waals surface area contributed by atoms with Crippen LogP contribution in [0.5, 0.6) is 11.5 Å². The van der Waals surface area contributed by atoms with Crippen LogP contribution in [0.4, 0.5) is 5.69 Å². The first-order chi connectivity index (χ1) is 19.7. The van der Waals surface area contributed by atoms with E-state index in [1.165, 1.54) is 17.3 Å². The number of ether oxygens (including phenoxy) is 2. The van der Waals surface area contributed by atoms with E-state index in [9.17, 15) is 14.4 Å². The van der Waals surface area contributed by atoms with E-state index in [-0.39, 0.29) is 19.1 Å². The van der Waals surface area contributed by atoms with Crippen molar-refractivity contribution >= 4 is 45.6 Å². The second-order valence-electron chi connectivity index (χ2n) is 9.43. The van der Waals surface area contributed by atoms with Gasteiger partial charge in [0.1, 0.15) is 0 Å². The molecule has 10 heteroatoms. The van der Waals surface area contributed by atoms with Gasteiger partial charge in [-0.2, -0.15) is 5.10 Å². The summed E-state index contributed by atoms with van der Waals surface area (Å²) >= 11 is 3.45. The van der Waals surface area contributed by atoms with Crippen molar-refractivity contribution < 1.29 is 23.9 Å². The lowest BCUT2D eigenvalue weighted by molar-refractivity contribution is -0.139. The number of hydrogen-bond acceptors (Lipinski definition) is 6. The van der Waals surface area contributed by atoms with E-state index in [0.717, 1.165) is 12.0 Å². The van der Waals surface area contributed by atoms with Gasteiger partial charge in [-0.1, -0.05) is 57.2 Å². The van der Waals surface area contributed by atoms with Crippen molar-refractivity contribution in [1.29, 1.82) is 0 Å². The second-order valence-corrected chi connectivity index (χ2v) is 10.3. The van der Waals surface area contributed by atoms with Gasteiger partial charge in [0.05, 0.1) is 17.3 Å². The van der Waals surface area contributed by atoms with Gasteiger partial charge in [-0.15, -0.1) is 0 Å². The van der Waals surface area contributed by atoms with E-state index in [1.54, 1.807) is 12.1 Å². The first-order valence-electron chi connectivity index (χ1n) is 13.4. The number of halogens is 1. The molecule has 0 radical (unpaired) electrons. The fraction of sp³-hybridized carbons (Fsp3) is 0.290. The van der Waals surface area contributed by atoms with E-state index in [4.69, 9.17) is 9.47 Å². The predicted octanol–water partition coefficient (Wildman–Crippen LogP) is 5.32. The van der Waals surface area contributed by atoms with Crippen LogP contribution in [0.3, 0.4) is 0 Å². The van der Waals surface area contributed by atoms with Crippen LogP contribution in [0, 0.1) is 0 Å². The summed E-state index contributed by atoms with van der Waals surface area (Å²) in [5, 5.41) is 9.27. The summed E-state index contributed by atoms with van der Waals surface area (Å²) in [6.07, 6.45) is 2.29. The molecule has 0 fully saturated rings. The van der Waals surface area contributed by atoms with Crippen LogP contribution in [-0.4, -0.2) is 37.1 Å². The summed E-state index contributed by atoms with van der Waals surface area (Å²) in [5.74, 6) is -0.852. The third kappa shape index (κ3) is 9.75. The molecule has 0 spiro atoms. The van der Waals surface area contributed by atoms with Crippen molar-refractivity contribution in [3.05, 3.63) is 87.4 Å². The predicted molar refractivity (Wildman–Crippen MR) is 163 cm³/mol. The van der Waals surface area contributed by atoms with Crippen LogP contribution in [0.2, 0.25) is 0 Å². The Balaban J connectivity index is 1.54. The molecule has 3 aromatic rings. The molecule has 0 atom stereocenters. The smallest absolute Gasteiger partial charge is 0.329 e. The minimum Gasteiger partial charge on any atom is -0.490 e. The van der Waals surface area contributed by atoms with Crippen molar-refractivity contribution in [2.45, 2.75) is 46.6 Å². The second kappa shape index (κ2) is 15.6. The maximum Gasteiger partial charge on any atom is 0.329 e. The number of aryl methyl sites for hydroxylation is 1. The average molecular weight is 624 g/mol. The zero-order valence-corrected chi connectivity index (χ0v) is 25.2. The number of hydrogen-bond donors (Lipinski definition) is 3. The first kappa shape index (κ1) is 31.3. The minimum atomic E-state index is -0.889. The molecule has 0 aliphatic carbocycles.